The fraction of sp³-hybridized carbons (Fsp3) is 0.429. The van der Waals surface area contributed by atoms with Gasteiger partial charge in [-0.3, -0.25) is 4.79 Å². The molecule has 0 atom stereocenters. The molecule has 1 aromatic rings. The van der Waals surface area contributed by atoms with E-state index in [2.05, 4.69) is 10.5 Å². The Bertz CT molecular complexity index is 487. The summed E-state index contributed by atoms with van der Waals surface area (Å²) in [5.74, 6) is 0.957. The first-order chi connectivity index (χ1) is 9.57. The van der Waals surface area contributed by atoms with Gasteiger partial charge in [-0.1, -0.05) is 6.92 Å². The summed E-state index contributed by atoms with van der Waals surface area (Å²) in [4.78, 5) is 12.0. The maximum atomic E-state index is 12.0. The van der Waals surface area contributed by atoms with Crippen LogP contribution in [0.2, 0.25) is 0 Å². The number of hydrazone groups is 1. The predicted octanol–water partition coefficient (Wildman–Crippen LogP) is 2.23. The van der Waals surface area contributed by atoms with Crippen molar-refractivity contribution in [3.8, 4) is 17.2 Å². The minimum atomic E-state index is -0.336. The van der Waals surface area contributed by atoms with Gasteiger partial charge in [0.25, 0.3) is 5.91 Å². The lowest BCUT2D eigenvalue weighted by Gasteiger charge is -2.13. The van der Waals surface area contributed by atoms with Crippen LogP contribution in [0.1, 0.15) is 30.6 Å². The van der Waals surface area contributed by atoms with Crippen LogP contribution in [-0.4, -0.2) is 32.9 Å². The first-order valence-corrected chi connectivity index (χ1v) is 6.20. The molecule has 110 valence electrons. The van der Waals surface area contributed by atoms with Crippen molar-refractivity contribution in [2.45, 2.75) is 20.3 Å². The van der Waals surface area contributed by atoms with E-state index in [9.17, 15) is 4.79 Å². The van der Waals surface area contributed by atoms with Crippen molar-refractivity contribution in [2.24, 2.45) is 5.10 Å². The van der Waals surface area contributed by atoms with Crippen molar-refractivity contribution in [3.05, 3.63) is 17.7 Å². The van der Waals surface area contributed by atoms with Gasteiger partial charge < -0.3 is 14.2 Å². The van der Waals surface area contributed by atoms with E-state index in [1.807, 2.05) is 13.8 Å². The zero-order valence-corrected chi connectivity index (χ0v) is 12.4. The summed E-state index contributed by atoms with van der Waals surface area (Å²) in [5.41, 5.74) is 3.71. The van der Waals surface area contributed by atoms with Gasteiger partial charge >= 0.3 is 0 Å². The number of ether oxygens (including phenoxy) is 3. The van der Waals surface area contributed by atoms with Gasteiger partial charge in [-0.2, -0.15) is 5.10 Å². The second kappa shape index (κ2) is 7.37. The molecule has 1 N–H and O–H groups in total. The average molecular weight is 280 g/mol. The number of carbonyl (C=O) groups excluding carboxylic acids is 1. The summed E-state index contributed by atoms with van der Waals surface area (Å²) in [7, 11) is 4.51. The molecule has 0 fully saturated rings. The molecule has 0 saturated carbocycles. The smallest absolute Gasteiger partial charge is 0.271 e. The quantitative estimate of drug-likeness (QED) is 0.641. The normalized spacial score (nSPS) is 10.9. The number of hydrogen-bond donors (Lipinski definition) is 1. The fourth-order valence-electron chi connectivity index (χ4n) is 1.50. The number of nitrogens with one attached hydrogen (secondary N) is 1. The summed E-state index contributed by atoms with van der Waals surface area (Å²) in [6, 6.07) is 3.15. The molecule has 0 aliphatic rings. The van der Waals surface area contributed by atoms with Gasteiger partial charge in [0.15, 0.2) is 11.5 Å². The summed E-state index contributed by atoms with van der Waals surface area (Å²) < 4.78 is 15.6. The molecule has 6 heteroatoms. The van der Waals surface area contributed by atoms with Crippen LogP contribution < -0.4 is 19.6 Å². The predicted molar refractivity (Wildman–Crippen MR) is 77.0 cm³/mol. The first-order valence-electron chi connectivity index (χ1n) is 6.20. The van der Waals surface area contributed by atoms with Gasteiger partial charge in [0.1, 0.15) is 0 Å². The Balaban J connectivity index is 3.10. The lowest BCUT2D eigenvalue weighted by atomic mass is 10.1. The summed E-state index contributed by atoms with van der Waals surface area (Å²) in [5, 5.41) is 3.98. The second-order valence-electron chi connectivity index (χ2n) is 4.06. The van der Waals surface area contributed by atoms with E-state index in [4.69, 9.17) is 14.2 Å². The summed E-state index contributed by atoms with van der Waals surface area (Å²) in [6.07, 6.45) is 0.773. The van der Waals surface area contributed by atoms with Gasteiger partial charge in [-0.05, 0) is 25.5 Å². The molecule has 0 heterocycles. The molecule has 0 spiro atoms. The van der Waals surface area contributed by atoms with Crippen LogP contribution in [0.15, 0.2) is 17.2 Å². The molecule has 1 rings (SSSR count). The molecule has 0 aromatic heterocycles. The van der Waals surface area contributed by atoms with Gasteiger partial charge in [0.2, 0.25) is 5.75 Å². The molecule has 0 unspecified atom stereocenters. The number of amides is 1. The van der Waals surface area contributed by atoms with Crippen LogP contribution in [0.5, 0.6) is 17.2 Å². The topological polar surface area (TPSA) is 69.2 Å². The van der Waals surface area contributed by atoms with Crippen LogP contribution in [0.3, 0.4) is 0 Å². The zero-order chi connectivity index (χ0) is 15.1. The van der Waals surface area contributed by atoms with Gasteiger partial charge in [-0.15, -0.1) is 0 Å². The standard InChI is InChI=1S/C14H20N2O4/c1-6-9(2)15-16-14(17)10-7-11(18-3)13(20-5)12(8-10)19-4/h7-8H,6H2,1-5H3,(H,16,17)/b15-9-. The highest BCUT2D eigenvalue weighted by molar-refractivity contribution is 5.96. The molecular formula is C14H20N2O4. The van der Waals surface area contributed by atoms with Crippen molar-refractivity contribution < 1.29 is 19.0 Å². The third-order valence-corrected chi connectivity index (χ3v) is 2.79. The highest BCUT2D eigenvalue weighted by Gasteiger charge is 2.16. The van der Waals surface area contributed by atoms with E-state index in [1.165, 1.54) is 21.3 Å². The number of methoxy groups -OCH3 is 3. The molecular weight excluding hydrogens is 260 g/mol. The van der Waals surface area contributed by atoms with E-state index < -0.39 is 0 Å². The Morgan fingerprint density at radius 1 is 1.15 bits per heavy atom. The van der Waals surface area contributed by atoms with Crippen LogP contribution >= 0.6 is 0 Å². The first kappa shape index (κ1) is 15.8. The highest BCUT2D eigenvalue weighted by Crippen LogP contribution is 2.38. The molecule has 0 aliphatic heterocycles. The molecule has 20 heavy (non-hydrogen) atoms. The number of nitrogens with zero attached hydrogens (tertiary/aromatic N) is 1. The van der Waals surface area contributed by atoms with Crippen molar-refractivity contribution in [1.29, 1.82) is 0 Å². The van der Waals surface area contributed by atoms with Crippen molar-refractivity contribution >= 4 is 11.6 Å². The van der Waals surface area contributed by atoms with Crippen LogP contribution in [0.4, 0.5) is 0 Å². The molecule has 0 saturated heterocycles. The molecule has 0 bridgehead atoms. The van der Waals surface area contributed by atoms with Crippen LogP contribution in [0, 0.1) is 0 Å². The van der Waals surface area contributed by atoms with E-state index in [0.717, 1.165) is 12.1 Å². The maximum absolute atomic E-state index is 12.0. The Morgan fingerprint density at radius 2 is 1.70 bits per heavy atom. The highest BCUT2D eigenvalue weighted by atomic mass is 16.5. The Hall–Kier alpha value is -2.24. The average Bonchev–Trinajstić information content (AvgIpc) is 2.50. The summed E-state index contributed by atoms with van der Waals surface area (Å²) in [6.45, 7) is 3.81. The number of rotatable bonds is 6. The molecule has 1 aromatic carbocycles. The monoisotopic (exact) mass is 280 g/mol. The minimum Gasteiger partial charge on any atom is -0.493 e. The van der Waals surface area contributed by atoms with E-state index in [-0.39, 0.29) is 5.91 Å². The molecule has 0 aliphatic carbocycles. The maximum Gasteiger partial charge on any atom is 0.271 e. The van der Waals surface area contributed by atoms with Gasteiger partial charge in [0.05, 0.1) is 21.3 Å². The minimum absolute atomic E-state index is 0.336. The summed E-state index contributed by atoms with van der Waals surface area (Å²) >= 11 is 0. The van der Waals surface area contributed by atoms with Gasteiger partial charge in [-0.25, -0.2) is 5.43 Å². The third-order valence-electron chi connectivity index (χ3n) is 2.79. The van der Waals surface area contributed by atoms with Crippen LogP contribution in [-0.2, 0) is 0 Å². The zero-order valence-electron chi connectivity index (χ0n) is 12.4. The van der Waals surface area contributed by atoms with Crippen molar-refractivity contribution in [2.75, 3.05) is 21.3 Å². The fourth-order valence-corrected chi connectivity index (χ4v) is 1.50. The number of carbonyl (C=O) groups is 1. The lowest BCUT2D eigenvalue weighted by Crippen LogP contribution is -2.19. The van der Waals surface area contributed by atoms with Gasteiger partial charge in [0, 0.05) is 11.3 Å². The molecule has 1 amide bonds. The van der Waals surface area contributed by atoms with Crippen molar-refractivity contribution in [3.63, 3.8) is 0 Å². The number of hydrogen-bond acceptors (Lipinski definition) is 5. The molecule has 6 nitrogen and oxygen atoms in total. The third kappa shape index (κ3) is 3.63. The van der Waals surface area contributed by atoms with Crippen molar-refractivity contribution in [1.82, 2.24) is 5.43 Å². The Labute approximate surface area is 118 Å². The lowest BCUT2D eigenvalue weighted by molar-refractivity contribution is 0.0954. The number of benzene rings is 1. The largest absolute Gasteiger partial charge is 0.493 e. The Morgan fingerprint density at radius 3 is 2.10 bits per heavy atom. The van der Waals surface area contributed by atoms with E-state index >= 15 is 0 Å². The SMILES string of the molecule is CC/C(C)=N\NC(=O)c1cc(OC)c(OC)c(OC)c1. The second-order valence-corrected chi connectivity index (χ2v) is 4.06. The van der Waals surface area contributed by atoms with Crippen LogP contribution in [0.25, 0.3) is 0 Å². The Kier molecular flexibility index (Phi) is 5.83. The van der Waals surface area contributed by atoms with E-state index in [0.29, 0.717) is 22.8 Å². The molecule has 0 radical (unpaired) electrons. The van der Waals surface area contributed by atoms with E-state index in [1.54, 1.807) is 12.1 Å².